The van der Waals surface area contributed by atoms with Crippen molar-refractivity contribution in [2.45, 2.75) is 52.0 Å². The van der Waals surface area contributed by atoms with Crippen LogP contribution in [0.2, 0.25) is 0 Å². The van der Waals surface area contributed by atoms with Gasteiger partial charge in [0, 0.05) is 15.8 Å². The molecular formula is C24H28N4O2S2. The molecule has 2 N–H and O–H groups in total. The number of hydrogen-bond acceptors (Lipinski definition) is 6. The van der Waals surface area contributed by atoms with Crippen LogP contribution in [-0.2, 0) is 17.6 Å². The molecule has 0 bridgehead atoms. The third kappa shape index (κ3) is 4.96. The topological polar surface area (TPSA) is 84.0 Å². The lowest BCUT2D eigenvalue weighted by atomic mass is 9.72. The second kappa shape index (κ2) is 9.19. The second-order valence-electron chi connectivity index (χ2n) is 9.33. The third-order valence-corrected chi connectivity index (χ3v) is 8.16. The molecule has 4 rings (SSSR count). The number of rotatable bonds is 4. The molecule has 0 saturated carbocycles. The van der Waals surface area contributed by atoms with Crippen LogP contribution in [0, 0.1) is 18.3 Å². The Morgan fingerprint density at radius 1 is 1.16 bits per heavy atom. The molecule has 6 nitrogen and oxygen atoms in total. The van der Waals surface area contributed by atoms with Crippen LogP contribution >= 0.6 is 23.1 Å². The molecule has 0 saturated heterocycles. The van der Waals surface area contributed by atoms with E-state index in [-0.39, 0.29) is 23.0 Å². The van der Waals surface area contributed by atoms with Crippen molar-refractivity contribution in [2.75, 3.05) is 5.75 Å². The van der Waals surface area contributed by atoms with Crippen LogP contribution in [0.15, 0.2) is 35.6 Å². The molecule has 1 atom stereocenters. The highest BCUT2D eigenvalue weighted by Gasteiger charge is 2.31. The maximum absolute atomic E-state index is 12.3. The van der Waals surface area contributed by atoms with Crippen molar-refractivity contribution in [1.29, 1.82) is 0 Å². The van der Waals surface area contributed by atoms with Crippen LogP contribution in [0.4, 0.5) is 0 Å². The minimum atomic E-state index is -0.340. The lowest BCUT2D eigenvalue weighted by molar-refractivity contribution is -0.119. The number of carbonyl (C=O) groups is 2. The smallest absolute Gasteiger partial charge is 0.269 e. The van der Waals surface area contributed by atoms with E-state index >= 15 is 0 Å². The minimum Gasteiger partial charge on any atom is -0.272 e. The van der Waals surface area contributed by atoms with Crippen LogP contribution in [-0.4, -0.2) is 27.5 Å². The molecule has 1 aromatic carbocycles. The number of aryl methyl sites for hydroxylation is 2. The summed E-state index contributed by atoms with van der Waals surface area (Å²) in [6.45, 7) is 8.90. The summed E-state index contributed by atoms with van der Waals surface area (Å²) in [5.74, 6) is 0.206. The molecule has 8 heteroatoms. The molecule has 0 radical (unpaired) electrons. The van der Waals surface area contributed by atoms with Crippen molar-refractivity contribution in [2.24, 2.45) is 11.3 Å². The predicted octanol–water partition coefficient (Wildman–Crippen LogP) is 4.70. The SMILES string of the molecule is Cc1ccc(C(=O)NNC(=O)CSc2ncnc3sc4c(c23)CC[C@@H](C(C)(C)C)C4)cc1. The van der Waals surface area contributed by atoms with Crippen molar-refractivity contribution >= 4 is 45.1 Å². The first-order valence-electron chi connectivity index (χ1n) is 10.8. The number of amides is 2. The Labute approximate surface area is 196 Å². The Hall–Kier alpha value is -2.45. The number of carbonyl (C=O) groups excluding carboxylic acids is 2. The monoisotopic (exact) mass is 468 g/mol. The lowest BCUT2D eigenvalue weighted by Gasteiger charge is -2.33. The maximum Gasteiger partial charge on any atom is 0.269 e. The quantitative estimate of drug-likeness (QED) is 0.329. The van der Waals surface area contributed by atoms with Gasteiger partial charge in [0.2, 0.25) is 5.91 Å². The number of nitrogens with zero attached hydrogens (tertiary/aromatic N) is 2. The molecule has 2 aromatic heterocycles. The number of nitrogens with one attached hydrogen (secondary N) is 2. The Morgan fingerprint density at radius 2 is 1.91 bits per heavy atom. The Balaban J connectivity index is 1.40. The Morgan fingerprint density at radius 3 is 2.62 bits per heavy atom. The summed E-state index contributed by atoms with van der Waals surface area (Å²) in [5, 5.41) is 1.93. The average molecular weight is 469 g/mol. The summed E-state index contributed by atoms with van der Waals surface area (Å²) in [6, 6.07) is 7.18. The molecule has 0 unspecified atom stereocenters. The van der Waals surface area contributed by atoms with E-state index in [1.807, 2.05) is 19.1 Å². The van der Waals surface area contributed by atoms with Gasteiger partial charge in [-0.1, -0.05) is 50.2 Å². The molecule has 32 heavy (non-hydrogen) atoms. The highest BCUT2D eigenvalue weighted by molar-refractivity contribution is 8.00. The molecule has 0 spiro atoms. The van der Waals surface area contributed by atoms with E-state index in [4.69, 9.17) is 0 Å². The number of hydrazine groups is 1. The number of thioether (sulfide) groups is 1. The fourth-order valence-corrected chi connectivity index (χ4v) is 6.16. The molecule has 1 aliphatic rings. The zero-order valence-electron chi connectivity index (χ0n) is 18.8. The molecule has 1 aliphatic carbocycles. The van der Waals surface area contributed by atoms with E-state index in [1.165, 1.54) is 22.2 Å². The normalized spacial score (nSPS) is 15.9. The van der Waals surface area contributed by atoms with Crippen molar-refractivity contribution in [3.63, 3.8) is 0 Å². The van der Waals surface area contributed by atoms with Gasteiger partial charge in [-0.2, -0.15) is 0 Å². The van der Waals surface area contributed by atoms with Crippen LogP contribution in [0.25, 0.3) is 10.2 Å². The minimum absolute atomic E-state index is 0.162. The second-order valence-corrected chi connectivity index (χ2v) is 11.4. The van der Waals surface area contributed by atoms with E-state index in [1.54, 1.807) is 29.8 Å². The summed E-state index contributed by atoms with van der Waals surface area (Å²) < 4.78 is 0. The number of fused-ring (bicyclic) bond motifs is 3. The molecule has 2 heterocycles. The first kappa shape index (κ1) is 22.7. The van der Waals surface area contributed by atoms with Crippen LogP contribution in [0.1, 0.15) is 53.6 Å². The van der Waals surface area contributed by atoms with Crippen LogP contribution < -0.4 is 10.9 Å². The van der Waals surface area contributed by atoms with Gasteiger partial charge in [-0.05, 0) is 55.2 Å². The number of aromatic nitrogens is 2. The van der Waals surface area contributed by atoms with Crippen LogP contribution in [0.3, 0.4) is 0 Å². The van der Waals surface area contributed by atoms with Gasteiger partial charge in [-0.15, -0.1) is 11.3 Å². The Bertz CT molecular complexity index is 1150. The predicted molar refractivity (Wildman–Crippen MR) is 130 cm³/mol. The third-order valence-electron chi connectivity index (χ3n) is 6.00. The first-order valence-corrected chi connectivity index (χ1v) is 12.6. The van der Waals surface area contributed by atoms with Crippen molar-refractivity contribution < 1.29 is 9.59 Å². The number of benzene rings is 1. The molecule has 168 valence electrons. The summed E-state index contributed by atoms with van der Waals surface area (Å²) in [5.41, 5.74) is 8.18. The number of thiophene rings is 1. The van der Waals surface area contributed by atoms with Crippen LogP contribution in [0.5, 0.6) is 0 Å². The van der Waals surface area contributed by atoms with Gasteiger partial charge < -0.3 is 0 Å². The highest BCUT2D eigenvalue weighted by atomic mass is 32.2. The fraction of sp³-hybridized carbons (Fsp3) is 0.417. The van der Waals surface area contributed by atoms with Crippen molar-refractivity contribution in [3.8, 4) is 0 Å². The van der Waals surface area contributed by atoms with Gasteiger partial charge in [0.15, 0.2) is 0 Å². The summed E-state index contributed by atoms with van der Waals surface area (Å²) in [7, 11) is 0. The Kier molecular flexibility index (Phi) is 6.53. The van der Waals surface area contributed by atoms with E-state index in [0.29, 0.717) is 11.5 Å². The van der Waals surface area contributed by atoms with E-state index in [2.05, 4.69) is 41.6 Å². The standard InChI is InChI=1S/C24H28N4O2S2/c1-14-5-7-15(8-6-14)21(30)28-27-19(29)12-31-22-20-17-10-9-16(24(2,3)4)11-18(17)32-23(20)26-13-25-22/h5-8,13,16H,9-12H2,1-4H3,(H,27,29)(H,28,30)/t16-/m1/s1. The molecule has 3 aromatic rings. The van der Waals surface area contributed by atoms with Crippen molar-refractivity contribution in [3.05, 3.63) is 52.2 Å². The molecule has 0 fully saturated rings. The van der Waals surface area contributed by atoms with Gasteiger partial charge in [-0.3, -0.25) is 20.4 Å². The fourth-order valence-electron chi connectivity index (χ4n) is 4.00. The molecule has 2 amide bonds. The summed E-state index contributed by atoms with van der Waals surface area (Å²) >= 11 is 3.14. The summed E-state index contributed by atoms with van der Waals surface area (Å²) in [4.78, 5) is 35.9. The summed E-state index contributed by atoms with van der Waals surface area (Å²) in [6.07, 6.45) is 4.84. The van der Waals surface area contributed by atoms with E-state index < -0.39 is 0 Å². The lowest BCUT2D eigenvalue weighted by Crippen LogP contribution is -2.42. The van der Waals surface area contributed by atoms with Gasteiger partial charge >= 0.3 is 0 Å². The van der Waals surface area contributed by atoms with Crippen molar-refractivity contribution in [1.82, 2.24) is 20.8 Å². The zero-order valence-corrected chi connectivity index (χ0v) is 20.5. The van der Waals surface area contributed by atoms with E-state index in [0.717, 1.165) is 40.1 Å². The largest absolute Gasteiger partial charge is 0.272 e. The highest BCUT2D eigenvalue weighted by Crippen LogP contribution is 2.44. The van der Waals surface area contributed by atoms with Gasteiger partial charge in [0.1, 0.15) is 16.2 Å². The maximum atomic E-state index is 12.3. The number of hydrogen-bond donors (Lipinski definition) is 2. The van der Waals surface area contributed by atoms with Gasteiger partial charge in [0.25, 0.3) is 5.91 Å². The van der Waals surface area contributed by atoms with Gasteiger partial charge in [0.05, 0.1) is 5.75 Å². The van der Waals surface area contributed by atoms with E-state index in [9.17, 15) is 9.59 Å². The first-order chi connectivity index (χ1) is 15.2. The molecule has 0 aliphatic heterocycles. The molecular weight excluding hydrogens is 440 g/mol. The zero-order chi connectivity index (χ0) is 22.9. The van der Waals surface area contributed by atoms with Gasteiger partial charge in [-0.25, -0.2) is 9.97 Å². The average Bonchev–Trinajstić information content (AvgIpc) is 3.14.